The Morgan fingerprint density at radius 1 is 1.33 bits per heavy atom. The van der Waals surface area contributed by atoms with Gasteiger partial charge in [-0.3, -0.25) is 4.79 Å². The molecule has 1 amide bonds. The van der Waals surface area contributed by atoms with Crippen molar-refractivity contribution in [2.45, 2.75) is 29.6 Å². The second kappa shape index (κ2) is 7.20. The van der Waals surface area contributed by atoms with Crippen LogP contribution < -0.4 is 10.9 Å². The third-order valence-electron chi connectivity index (χ3n) is 3.71. The molecule has 1 aromatic carbocycles. The summed E-state index contributed by atoms with van der Waals surface area (Å²) in [6.07, 6.45) is 0.523. The molecule has 2 atom stereocenters. The number of fused-ring (bicyclic) bond motifs is 1. The average Bonchev–Trinajstić information content (AvgIpc) is 3.06. The summed E-state index contributed by atoms with van der Waals surface area (Å²) < 4.78 is 21.4. The second-order valence-electron chi connectivity index (χ2n) is 5.43. The van der Waals surface area contributed by atoms with Crippen molar-refractivity contribution < 1.29 is 18.3 Å². The Morgan fingerprint density at radius 3 is 2.50 bits per heavy atom. The number of primary sulfonamides is 1. The summed E-state index contributed by atoms with van der Waals surface area (Å²) in [7, 11) is -3.70. The lowest BCUT2D eigenvalue weighted by molar-refractivity contribution is 0.100. The van der Waals surface area contributed by atoms with E-state index in [1.54, 1.807) is 0 Å². The van der Waals surface area contributed by atoms with Gasteiger partial charge in [-0.15, -0.1) is 11.3 Å². The SMILES string of the molecule is C[C@@H]1c2ccc(Cl)cc2C[C@@H]1O.NC(=O)c1ccc(S(N)(=O)=O)s1. The molecule has 0 bridgehead atoms. The molecule has 1 aliphatic rings. The number of primary amides is 1. The fourth-order valence-corrected chi connectivity index (χ4v) is 4.19. The Bertz CT molecular complexity index is 864. The number of amides is 1. The van der Waals surface area contributed by atoms with E-state index in [-0.39, 0.29) is 21.1 Å². The topological polar surface area (TPSA) is 123 Å². The predicted molar refractivity (Wildman–Crippen MR) is 93.8 cm³/mol. The molecule has 0 saturated carbocycles. The Kier molecular flexibility index (Phi) is 5.67. The summed E-state index contributed by atoms with van der Waals surface area (Å²) in [5.74, 6) is -0.396. The molecule has 1 aromatic heterocycles. The summed E-state index contributed by atoms with van der Waals surface area (Å²) in [5, 5.41) is 15.1. The first kappa shape index (κ1) is 18.9. The molecule has 0 radical (unpaired) electrons. The molecule has 0 saturated heterocycles. The molecule has 3 rings (SSSR count). The van der Waals surface area contributed by atoms with Crippen molar-refractivity contribution in [3.8, 4) is 0 Å². The van der Waals surface area contributed by atoms with Gasteiger partial charge in [-0.05, 0) is 41.8 Å². The van der Waals surface area contributed by atoms with Crippen LogP contribution in [0.1, 0.15) is 33.6 Å². The second-order valence-corrected chi connectivity index (χ2v) is 8.74. The zero-order chi connectivity index (χ0) is 18.1. The fraction of sp³-hybridized carbons (Fsp3) is 0.267. The minimum Gasteiger partial charge on any atom is -0.392 e. The average molecular weight is 389 g/mol. The maximum atomic E-state index is 10.7. The number of hydrogen-bond acceptors (Lipinski definition) is 5. The number of thiophene rings is 1. The summed E-state index contributed by atoms with van der Waals surface area (Å²) in [6, 6.07) is 8.42. The van der Waals surface area contributed by atoms with E-state index in [0.29, 0.717) is 0 Å². The summed E-state index contributed by atoms with van der Waals surface area (Å²) in [5.41, 5.74) is 7.35. The Balaban J connectivity index is 0.000000174. The van der Waals surface area contributed by atoms with Gasteiger partial charge in [0.15, 0.2) is 0 Å². The molecule has 0 fully saturated rings. The standard InChI is InChI=1S/C10H11ClO.C5H6N2O3S2/c1-6-9-3-2-8(11)4-7(9)5-10(6)12;6-5(8)3-1-2-4(11-3)12(7,9)10/h2-4,6,10,12H,5H2,1H3;1-2H,(H2,6,8)(H2,7,9,10)/t6-,10+;/m1./s1. The number of carbonyl (C=O) groups is 1. The van der Waals surface area contributed by atoms with Crippen LogP contribution in [-0.4, -0.2) is 25.5 Å². The van der Waals surface area contributed by atoms with Crippen molar-refractivity contribution in [2.24, 2.45) is 10.9 Å². The smallest absolute Gasteiger partial charge is 0.258 e. The van der Waals surface area contributed by atoms with Crippen molar-refractivity contribution in [2.75, 3.05) is 0 Å². The lowest BCUT2D eigenvalue weighted by Crippen LogP contribution is -2.10. The molecule has 130 valence electrons. The van der Waals surface area contributed by atoms with Crippen LogP contribution >= 0.6 is 22.9 Å². The van der Waals surface area contributed by atoms with Gasteiger partial charge < -0.3 is 10.8 Å². The van der Waals surface area contributed by atoms with E-state index in [1.807, 2.05) is 25.1 Å². The van der Waals surface area contributed by atoms with Gasteiger partial charge >= 0.3 is 0 Å². The minimum atomic E-state index is -3.70. The molecule has 1 heterocycles. The van der Waals surface area contributed by atoms with Crippen LogP contribution in [0.15, 0.2) is 34.5 Å². The first-order valence-electron chi connectivity index (χ1n) is 6.98. The van der Waals surface area contributed by atoms with E-state index in [4.69, 9.17) is 22.5 Å². The van der Waals surface area contributed by atoms with Crippen LogP contribution in [0, 0.1) is 0 Å². The zero-order valence-electron chi connectivity index (χ0n) is 12.8. The lowest BCUT2D eigenvalue weighted by Gasteiger charge is -2.07. The highest BCUT2D eigenvalue weighted by atomic mass is 35.5. The molecular weight excluding hydrogens is 372 g/mol. The van der Waals surface area contributed by atoms with Crippen molar-refractivity contribution in [3.05, 3.63) is 51.4 Å². The number of halogens is 1. The predicted octanol–water partition coefficient (Wildman–Crippen LogP) is 1.85. The third kappa shape index (κ3) is 4.34. The summed E-state index contributed by atoms with van der Waals surface area (Å²) in [4.78, 5) is 10.7. The van der Waals surface area contributed by atoms with Gasteiger partial charge in [0.2, 0.25) is 10.0 Å². The van der Waals surface area contributed by atoms with Gasteiger partial charge in [-0.25, -0.2) is 13.6 Å². The van der Waals surface area contributed by atoms with Gasteiger partial charge in [-0.1, -0.05) is 24.6 Å². The van der Waals surface area contributed by atoms with Crippen LogP contribution in [0.2, 0.25) is 5.02 Å². The van der Waals surface area contributed by atoms with Crippen molar-refractivity contribution in [3.63, 3.8) is 0 Å². The lowest BCUT2D eigenvalue weighted by atomic mass is 10.0. The Hall–Kier alpha value is -1.45. The summed E-state index contributed by atoms with van der Waals surface area (Å²) >= 11 is 6.60. The number of sulfonamides is 1. The van der Waals surface area contributed by atoms with E-state index in [2.05, 4.69) is 0 Å². The minimum absolute atomic E-state index is 0.0590. The molecule has 0 unspecified atom stereocenters. The highest BCUT2D eigenvalue weighted by Crippen LogP contribution is 2.34. The van der Waals surface area contributed by atoms with Gasteiger partial charge in [-0.2, -0.15) is 0 Å². The molecule has 24 heavy (non-hydrogen) atoms. The summed E-state index contributed by atoms with van der Waals surface area (Å²) in [6.45, 7) is 2.05. The van der Waals surface area contributed by atoms with Gasteiger partial charge in [0.05, 0.1) is 11.0 Å². The number of aliphatic hydroxyl groups is 1. The Morgan fingerprint density at radius 2 is 2.00 bits per heavy atom. The highest BCUT2D eigenvalue weighted by Gasteiger charge is 2.26. The molecule has 2 aromatic rings. The van der Waals surface area contributed by atoms with Crippen LogP contribution in [-0.2, 0) is 16.4 Å². The molecule has 5 N–H and O–H groups in total. The van der Waals surface area contributed by atoms with Crippen LogP contribution in [0.5, 0.6) is 0 Å². The number of rotatable bonds is 2. The zero-order valence-corrected chi connectivity index (χ0v) is 15.2. The van der Waals surface area contributed by atoms with Crippen molar-refractivity contribution >= 4 is 38.9 Å². The largest absolute Gasteiger partial charge is 0.392 e. The van der Waals surface area contributed by atoms with Crippen molar-refractivity contribution in [1.29, 1.82) is 0 Å². The van der Waals surface area contributed by atoms with E-state index in [1.165, 1.54) is 23.3 Å². The van der Waals surface area contributed by atoms with E-state index in [0.717, 1.165) is 22.8 Å². The molecule has 0 aliphatic heterocycles. The van der Waals surface area contributed by atoms with Crippen LogP contribution in [0.3, 0.4) is 0 Å². The van der Waals surface area contributed by atoms with E-state index >= 15 is 0 Å². The third-order valence-corrected chi connectivity index (χ3v) is 6.48. The maximum absolute atomic E-state index is 10.7. The quantitative estimate of drug-likeness (QED) is 0.726. The van der Waals surface area contributed by atoms with E-state index < -0.39 is 15.9 Å². The van der Waals surface area contributed by atoms with Crippen LogP contribution in [0.4, 0.5) is 0 Å². The van der Waals surface area contributed by atoms with Gasteiger partial charge in [0, 0.05) is 10.9 Å². The molecule has 1 aliphatic carbocycles. The number of carbonyl (C=O) groups excluding carboxylic acids is 1. The van der Waals surface area contributed by atoms with Gasteiger partial charge in [0.1, 0.15) is 4.21 Å². The first-order chi connectivity index (χ1) is 11.1. The molecule has 9 heteroatoms. The highest BCUT2D eigenvalue weighted by molar-refractivity contribution is 7.91. The van der Waals surface area contributed by atoms with Crippen molar-refractivity contribution in [1.82, 2.24) is 0 Å². The van der Waals surface area contributed by atoms with Crippen LogP contribution in [0.25, 0.3) is 0 Å². The molecule has 0 spiro atoms. The number of benzene rings is 1. The normalized spacial score (nSPS) is 19.3. The molecular formula is C15H17ClN2O4S2. The van der Waals surface area contributed by atoms with Gasteiger partial charge in [0.25, 0.3) is 5.91 Å². The number of hydrogen-bond donors (Lipinski definition) is 3. The monoisotopic (exact) mass is 388 g/mol. The maximum Gasteiger partial charge on any atom is 0.258 e. The Labute approximate surface area is 149 Å². The van der Waals surface area contributed by atoms with E-state index in [9.17, 15) is 18.3 Å². The molecule has 6 nitrogen and oxygen atoms in total. The number of aliphatic hydroxyl groups excluding tert-OH is 1. The fourth-order valence-electron chi connectivity index (χ4n) is 2.41. The number of nitrogens with two attached hydrogens (primary N) is 2. The first-order valence-corrected chi connectivity index (χ1v) is 9.72.